The van der Waals surface area contributed by atoms with Crippen LogP contribution in [0.15, 0.2) is 22.7 Å². The molecule has 1 aliphatic rings. The van der Waals surface area contributed by atoms with E-state index in [1.165, 1.54) is 37.7 Å². The Morgan fingerprint density at radius 3 is 2.65 bits per heavy atom. The van der Waals surface area contributed by atoms with E-state index in [1.807, 2.05) is 0 Å². The molecular weight excluding hydrogens is 278 g/mol. The molecule has 1 saturated carbocycles. The molecule has 1 aromatic rings. The Balaban J connectivity index is 2.00. The van der Waals surface area contributed by atoms with Gasteiger partial charge in [-0.3, -0.25) is 0 Å². The highest BCUT2D eigenvalue weighted by Gasteiger charge is 2.15. The second-order valence-electron chi connectivity index (χ2n) is 4.68. The fourth-order valence-corrected chi connectivity index (χ4v) is 2.84. The van der Waals surface area contributed by atoms with E-state index in [9.17, 15) is 0 Å². The molecule has 0 amide bonds. The number of ether oxygens (including phenoxy) is 1. The van der Waals surface area contributed by atoms with Gasteiger partial charge in [0.15, 0.2) is 0 Å². The normalized spacial score (nSPS) is 17.1. The molecule has 2 nitrogen and oxygen atoms in total. The number of hydrogen-bond acceptors (Lipinski definition) is 2. The number of hydrogen-bond donors (Lipinski definition) is 1. The first-order valence-electron chi connectivity index (χ1n) is 6.45. The van der Waals surface area contributed by atoms with Crippen molar-refractivity contribution in [3.63, 3.8) is 0 Å². The summed E-state index contributed by atoms with van der Waals surface area (Å²) < 4.78 is 7.09. The second kappa shape index (κ2) is 6.41. The first-order chi connectivity index (χ1) is 8.29. The number of rotatable bonds is 4. The minimum absolute atomic E-state index is 0.403. The molecule has 0 radical (unpaired) electrons. The summed E-state index contributed by atoms with van der Waals surface area (Å²) in [6.07, 6.45) is 7.66. The van der Waals surface area contributed by atoms with E-state index in [-0.39, 0.29) is 0 Å². The average molecular weight is 298 g/mol. The van der Waals surface area contributed by atoms with E-state index in [4.69, 9.17) is 10.5 Å². The van der Waals surface area contributed by atoms with Crippen molar-refractivity contribution in [2.45, 2.75) is 44.6 Å². The van der Waals surface area contributed by atoms with Crippen LogP contribution in [-0.2, 0) is 6.42 Å². The fraction of sp³-hybridized carbons (Fsp3) is 0.571. The summed E-state index contributed by atoms with van der Waals surface area (Å²) in [6, 6.07) is 6.28. The van der Waals surface area contributed by atoms with Gasteiger partial charge in [-0.25, -0.2) is 0 Å². The highest BCUT2D eigenvalue weighted by molar-refractivity contribution is 9.10. The van der Waals surface area contributed by atoms with E-state index in [0.717, 1.165) is 16.6 Å². The van der Waals surface area contributed by atoms with Gasteiger partial charge in [-0.05, 0) is 72.3 Å². The van der Waals surface area contributed by atoms with Gasteiger partial charge < -0.3 is 10.5 Å². The molecule has 2 rings (SSSR count). The van der Waals surface area contributed by atoms with Gasteiger partial charge in [-0.1, -0.05) is 12.5 Å². The van der Waals surface area contributed by atoms with Crippen LogP contribution in [0.2, 0.25) is 0 Å². The second-order valence-corrected chi connectivity index (χ2v) is 5.54. The summed E-state index contributed by atoms with van der Waals surface area (Å²) in [4.78, 5) is 0. The van der Waals surface area contributed by atoms with Crippen LogP contribution in [0.1, 0.15) is 37.7 Å². The third kappa shape index (κ3) is 3.71. The molecule has 0 bridgehead atoms. The summed E-state index contributed by atoms with van der Waals surface area (Å²) in [5, 5.41) is 0. The minimum Gasteiger partial charge on any atom is -0.489 e. The minimum atomic E-state index is 0.403. The largest absolute Gasteiger partial charge is 0.489 e. The predicted molar refractivity (Wildman–Crippen MR) is 74.4 cm³/mol. The Morgan fingerprint density at radius 2 is 2.00 bits per heavy atom. The molecule has 2 N–H and O–H groups in total. The van der Waals surface area contributed by atoms with Crippen LogP contribution in [0.3, 0.4) is 0 Å². The first-order valence-corrected chi connectivity index (χ1v) is 7.24. The van der Waals surface area contributed by atoms with Crippen molar-refractivity contribution in [2.75, 3.05) is 6.54 Å². The molecule has 0 aliphatic heterocycles. The Bertz CT molecular complexity index is 361. The zero-order chi connectivity index (χ0) is 12.1. The van der Waals surface area contributed by atoms with Crippen LogP contribution in [-0.4, -0.2) is 12.6 Å². The molecule has 3 heteroatoms. The lowest BCUT2D eigenvalue weighted by Crippen LogP contribution is -2.19. The maximum absolute atomic E-state index is 6.04. The molecule has 1 fully saturated rings. The molecule has 0 saturated heterocycles. The smallest absolute Gasteiger partial charge is 0.133 e. The Kier molecular flexibility index (Phi) is 4.86. The van der Waals surface area contributed by atoms with Crippen LogP contribution in [0.4, 0.5) is 0 Å². The Labute approximate surface area is 112 Å². The van der Waals surface area contributed by atoms with Crippen molar-refractivity contribution in [3.8, 4) is 5.75 Å². The Morgan fingerprint density at radius 1 is 1.24 bits per heavy atom. The first kappa shape index (κ1) is 12.9. The van der Waals surface area contributed by atoms with Gasteiger partial charge in [-0.15, -0.1) is 0 Å². The van der Waals surface area contributed by atoms with Crippen LogP contribution < -0.4 is 10.5 Å². The zero-order valence-electron chi connectivity index (χ0n) is 10.1. The quantitative estimate of drug-likeness (QED) is 0.920. The van der Waals surface area contributed by atoms with Gasteiger partial charge >= 0.3 is 0 Å². The SMILES string of the molecule is NCCc1ccc(OC2CCCCC2)c(Br)c1. The standard InChI is InChI=1S/C14H20BrNO/c15-13-10-11(8-9-16)6-7-14(13)17-12-4-2-1-3-5-12/h6-7,10,12H,1-5,8-9,16H2. The van der Waals surface area contributed by atoms with E-state index in [2.05, 4.69) is 34.1 Å². The van der Waals surface area contributed by atoms with Crippen LogP contribution in [0, 0.1) is 0 Å². The van der Waals surface area contributed by atoms with E-state index in [0.29, 0.717) is 12.6 Å². The van der Waals surface area contributed by atoms with Gasteiger partial charge in [0.1, 0.15) is 5.75 Å². The van der Waals surface area contributed by atoms with Crippen molar-refractivity contribution in [3.05, 3.63) is 28.2 Å². The fourth-order valence-electron chi connectivity index (χ4n) is 2.32. The molecule has 1 aromatic carbocycles. The summed E-state index contributed by atoms with van der Waals surface area (Å²) in [5.41, 5.74) is 6.81. The lowest BCUT2D eigenvalue weighted by molar-refractivity contribution is 0.154. The van der Waals surface area contributed by atoms with Crippen molar-refractivity contribution in [1.82, 2.24) is 0 Å². The van der Waals surface area contributed by atoms with Crippen molar-refractivity contribution < 1.29 is 4.74 Å². The summed E-state index contributed by atoms with van der Waals surface area (Å²) >= 11 is 3.58. The van der Waals surface area contributed by atoms with Gasteiger partial charge in [0.2, 0.25) is 0 Å². The molecule has 17 heavy (non-hydrogen) atoms. The third-order valence-electron chi connectivity index (χ3n) is 3.28. The van der Waals surface area contributed by atoms with Crippen LogP contribution in [0.25, 0.3) is 0 Å². The van der Waals surface area contributed by atoms with Gasteiger partial charge in [-0.2, -0.15) is 0 Å². The zero-order valence-corrected chi connectivity index (χ0v) is 11.7. The molecule has 1 aliphatic carbocycles. The molecule has 0 spiro atoms. The van der Waals surface area contributed by atoms with E-state index in [1.54, 1.807) is 0 Å². The molecular formula is C14H20BrNO. The average Bonchev–Trinajstić information content (AvgIpc) is 2.34. The summed E-state index contributed by atoms with van der Waals surface area (Å²) in [6.45, 7) is 0.690. The molecule has 0 aromatic heterocycles. The maximum Gasteiger partial charge on any atom is 0.133 e. The monoisotopic (exact) mass is 297 g/mol. The highest BCUT2D eigenvalue weighted by Crippen LogP contribution is 2.30. The lowest BCUT2D eigenvalue weighted by atomic mass is 9.98. The molecule has 94 valence electrons. The van der Waals surface area contributed by atoms with E-state index < -0.39 is 0 Å². The van der Waals surface area contributed by atoms with Crippen molar-refractivity contribution in [1.29, 1.82) is 0 Å². The van der Waals surface area contributed by atoms with Gasteiger partial charge in [0.25, 0.3) is 0 Å². The maximum atomic E-state index is 6.04. The van der Waals surface area contributed by atoms with Crippen LogP contribution in [0.5, 0.6) is 5.75 Å². The van der Waals surface area contributed by atoms with Gasteiger partial charge in [0.05, 0.1) is 10.6 Å². The van der Waals surface area contributed by atoms with Gasteiger partial charge in [0, 0.05) is 0 Å². The summed E-state index contributed by atoms with van der Waals surface area (Å²) in [7, 11) is 0. The van der Waals surface area contributed by atoms with E-state index >= 15 is 0 Å². The number of benzene rings is 1. The van der Waals surface area contributed by atoms with Crippen molar-refractivity contribution >= 4 is 15.9 Å². The summed E-state index contributed by atoms with van der Waals surface area (Å²) in [5.74, 6) is 0.970. The Hall–Kier alpha value is -0.540. The topological polar surface area (TPSA) is 35.2 Å². The molecule has 0 atom stereocenters. The number of halogens is 1. The molecule has 0 heterocycles. The van der Waals surface area contributed by atoms with Crippen LogP contribution >= 0.6 is 15.9 Å². The van der Waals surface area contributed by atoms with Crippen molar-refractivity contribution in [2.24, 2.45) is 5.73 Å². The lowest BCUT2D eigenvalue weighted by Gasteiger charge is -2.23. The molecule has 0 unspecified atom stereocenters. The highest BCUT2D eigenvalue weighted by atomic mass is 79.9. The predicted octanol–water partition coefficient (Wildman–Crippen LogP) is 3.66. The number of nitrogens with two attached hydrogens (primary N) is 1. The third-order valence-corrected chi connectivity index (χ3v) is 3.89.